The molecule has 5 aromatic rings. The van der Waals surface area contributed by atoms with Gasteiger partial charge >= 0.3 is 0 Å². The van der Waals surface area contributed by atoms with Gasteiger partial charge in [0.1, 0.15) is 18.1 Å². The van der Waals surface area contributed by atoms with Crippen molar-refractivity contribution in [3.8, 4) is 5.75 Å². The SMILES string of the molecule is Cc1noc(C)c1COc1ccccc1C(=O)NCC(c1ccccc1)c1c[nH]c2ccccc12. The number of hydrogen-bond donors (Lipinski definition) is 2. The van der Waals surface area contributed by atoms with Gasteiger partial charge in [-0.1, -0.05) is 65.8 Å². The van der Waals surface area contributed by atoms with Crippen molar-refractivity contribution in [3.05, 3.63) is 119 Å². The van der Waals surface area contributed by atoms with Crippen molar-refractivity contribution in [2.45, 2.75) is 26.4 Å². The van der Waals surface area contributed by atoms with Crippen molar-refractivity contribution >= 4 is 16.8 Å². The Morgan fingerprint density at radius 3 is 2.54 bits per heavy atom. The minimum atomic E-state index is -0.180. The summed E-state index contributed by atoms with van der Waals surface area (Å²) in [5.74, 6) is 1.05. The smallest absolute Gasteiger partial charge is 0.255 e. The molecule has 0 aliphatic rings. The predicted octanol–water partition coefficient (Wildman–Crippen LogP) is 5.91. The molecule has 176 valence electrons. The molecule has 1 amide bonds. The number of rotatable bonds is 8. The standard InChI is InChI=1S/C29H27N3O3/c1-19-26(20(2)35-32-19)18-34-28-15-9-7-13-23(28)29(33)31-16-24(21-10-4-3-5-11-21)25-17-30-27-14-8-6-12-22(25)27/h3-15,17,24,30H,16,18H2,1-2H3,(H,31,33). The van der Waals surface area contributed by atoms with Gasteiger partial charge in [0.05, 0.1) is 16.8 Å². The lowest BCUT2D eigenvalue weighted by molar-refractivity contribution is 0.0948. The van der Waals surface area contributed by atoms with E-state index in [1.807, 2.05) is 62.5 Å². The summed E-state index contributed by atoms with van der Waals surface area (Å²) in [4.78, 5) is 16.7. The van der Waals surface area contributed by atoms with Crippen LogP contribution in [0.4, 0.5) is 0 Å². The van der Waals surface area contributed by atoms with E-state index >= 15 is 0 Å². The van der Waals surface area contributed by atoms with Crippen LogP contribution in [0, 0.1) is 13.8 Å². The van der Waals surface area contributed by atoms with Crippen LogP contribution in [0.2, 0.25) is 0 Å². The molecular formula is C29H27N3O3. The molecule has 1 unspecified atom stereocenters. The number of fused-ring (bicyclic) bond motifs is 1. The number of aromatic amines is 1. The Morgan fingerprint density at radius 2 is 1.74 bits per heavy atom. The van der Waals surface area contributed by atoms with Crippen molar-refractivity contribution in [3.63, 3.8) is 0 Å². The van der Waals surface area contributed by atoms with Crippen LogP contribution in [0.1, 0.15) is 44.4 Å². The number of ether oxygens (including phenoxy) is 1. The minimum absolute atomic E-state index is 0.00770. The maximum atomic E-state index is 13.3. The van der Waals surface area contributed by atoms with Crippen molar-refractivity contribution in [1.82, 2.24) is 15.5 Å². The summed E-state index contributed by atoms with van der Waals surface area (Å²) in [6.45, 7) is 4.46. The molecule has 0 aliphatic carbocycles. The number of H-pyrrole nitrogens is 1. The molecule has 6 nitrogen and oxygen atoms in total. The number of para-hydroxylation sites is 2. The average molecular weight is 466 g/mol. The molecule has 0 radical (unpaired) electrons. The van der Waals surface area contributed by atoms with Crippen molar-refractivity contribution in [1.29, 1.82) is 0 Å². The monoisotopic (exact) mass is 465 g/mol. The lowest BCUT2D eigenvalue weighted by atomic mass is 9.91. The molecule has 0 bridgehead atoms. The first-order valence-corrected chi connectivity index (χ1v) is 11.6. The van der Waals surface area contributed by atoms with Gasteiger partial charge in [-0.05, 0) is 43.2 Å². The third-order valence-electron chi connectivity index (χ3n) is 6.35. The highest BCUT2D eigenvalue weighted by atomic mass is 16.5. The van der Waals surface area contributed by atoms with E-state index in [0.717, 1.165) is 33.3 Å². The zero-order chi connectivity index (χ0) is 24.2. The number of aryl methyl sites for hydroxylation is 2. The van der Waals surface area contributed by atoms with Crippen LogP contribution in [0.3, 0.4) is 0 Å². The molecule has 2 N–H and O–H groups in total. The third kappa shape index (κ3) is 4.68. The number of benzene rings is 3. The Bertz CT molecular complexity index is 1430. The normalized spacial score (nSPS) is 11.9. The number of carbonyl (C=O) groups is 1. The van der Waals surface area contributed by atoms with Crippen LogP contribution in [0.15, 0.2) is 89.6 Å². The van der Waals surface area contributed by atoms with Crippen molar-refractivity contribution in [2.24, 2.45) is 0 Å². The van der Waals surface area contributed by atoms with Crippen LogP contribution in [-0.2, 0) is 6.61 Å². The highest BCUT2D eigenvalue weighted by molar-refractivity contribution is 5.97. The first-order chi connectivity index (χ1) is 17.1. The molecule has 2 aromatic heterocycles. The van der Waals surface area contributed by atoms with Gasteiger partial charge in [0.15, 0.2) is 0 Å². The number of hydrogen-bond acceptors (Lipinski definition) is 4. The summed E-state index contributed by atoms with van der Waals surface area (Å²) >= 11 is 0. The fourth-order valence-corrected chi connectivity index (χ4v) is 4.40. The Kier molecular flexibility index (Phi) is 6.35. The first-order valence-electron chi connectivity index (χ1n) is 11.6. The van der Waals surface area contributed by atoms with Crippen molar-refractivity contribution in [2.75, 3.05) is 6.54 Å². The minimum Gasteiger partial charge on any atom is -0.488 e. The van der Waals surface area contributed by atoms with E-state index in [4.69, 9.17) is 9.26 Å². The topological polar surface area (TPSA) is 80.2 Å². The van der Waals surface area contributed by atoms with Gasteiger partial charge in [-0.2, -0.15) is 0 Å². The van der Waals surface area contributed by atoms with Crippen LogP contribution >= 0.6 is 0 Å². The van der Waals surface area contributed by atoms with Crippen LogP contribution in [0.25, 0.3) is 10.9 Å². The highest BCUT2D eigenvalue weighted by Gasteiger charge is 2.21. The number of nitrogens with one attached hydrogen (secondary N) is 2. The van der Waals surface area contributed by atoms with E-state index in [9.17, 15) is 4.79 Å². The molecule has 0 fully saturated rings. The molecule has 0 spiro atoms. The predicted molar refractivity (Wildman–Crippen MR) is 136 cm³/mol. The number of carbonyl (C=O) groups excluding carboxylic acids is 1. The summed E-state index contributed by atoms with van der Waals surface area (Å²) in [6.07, 6.45) is 2.04. The molecular weight excluding hydrogens is 438 g/mol. The Balaban J connectivity index is 1.37. The molecule has 6 heteroatoms. The van der Waals surface area contributed by atoms with Crippen LogP contribution < -0.4 is 10.1 Å². The summed E-state index contributed by atoms with van der Waals surface area (Å²) in [6, 6.07) is 25.7. The molecule has 0 saturated carbocycles. The second-order valence-corrected chi connectivity index (χ2v) is 8.55. The Hall–Kier alpha value is -4.32. The van der Waals surface area contributed by atoms with Gasteiger partial charge in [0.25, 0.3) is 5.91 Å². The molecule has 0 saturated heterocycles. The van der Waals surface area contributed by atoms with Gasteiger partial charge in [-0.3, -0.25) is 4.79 Å². The zero-order valence-corrected chi connectivity index (χ0v) is 19.7. The third-order valence-corrected chi connectivity index (χ3v) is 6.35. The van der Waals surface area contributed by atoms with E-state index < -0.39 is 0 Å². The molecule has 3 aromatic carbocycles. The van der Waals surface area contributed by atoms with Gasteiger partial charge in [-0.15, -0.1) is 0 Å². The van der Waals surface area contributed by atoms with E-state index in [1.54, 1.807) is 12.1 Å². The summed E-state index contributed by atoms with van der Waals surface area (Å²) < 4.78 is 11.2. The fraction of sp³-hybridized carbons (Fsp3) is 0.172. The molecule has 5 rings (SSSR count). The molecule has 1 atom stereocenters. The summed E-state index contributed by atoms with van der Waals surface area (Å²) in [5.41, 5.74) is 5.53. The van der Waals surface area contributed by atoms with Gasteiger partial charge in [-0.25, -0.2) is 0 Å². The zero-order valence-electron chi connectivity index (χ0n) is 19.7. The van der Waals surface area contributed by atoms with E-state index in [-0.39, 0.29) is 18.4 Å². The Morgan fingerprint density at radius 1 is 1.00 bits per heavy atom. The second-order valence-electron chi connectivity index (χ2n) is 8.55. The Labute approximate surface area is 203 Å². The number of amides is 1. The largest absolute Gasteiger partial charge is 0.488 e. The van der Waals surface area contributed by atoms with Crippen LogP contribution in [-0.4, -0.2) is 22.6 Å². The summed E-state index contributed by atoms with van der Waals surface area (Å²) in [5, 5.41) is 8.27. The summed E-state index contributed by atoms with van der Waals surface area (Å²) in [7, 11) is 0. The van der Waals surface area contributed by atoms with Crippen molar-refractivity contribution < 1.29 is 14.1 Å². The van der Waals surface area contributed by atoms with Gasteiger partial charge in [0.2, 0.25) is 0 Å². The van der Waals surface area contributed by atoms with Gasteiger partial charge in [0, 0.05) is 29.6 Å². The number of nitrogens with zero attached hydrogens (tertiary/aromatic N) is 1. The lowest BCUT2D eigenvalue weighted by Crippen LogP contribution is -2.29. The van der Waals surface area contributed by atoms with Crippen LogP contribution in [0.5, 0.6) is 5.75 Å². The van der Waals surface area contributed by atoms with E-state index in [1.165, 1.54) is 0 Å². The fourth-order valence-electron chi connectivity index (χ4n) is 4.40. The lowest BCUT2D eigenvalue weighted by Gasteiger charge is -2.19. The van der Waals surface area contributed by atoms with Gasteiger partial charge < -0.3 is 19.6 Å². The second kappa shape index (κ2) is 9.89. The van der Waals surface area contributed by atoms with E-state index in [0.29, 0.717) is 23.6 Å². The maximum absolute atomic E-state index is 13.3. The first kappa shape index (κ1) is 22.5. The quantitative estimate of drug-likeness (QED) is 0.298. The molecule has 2 heterocycles. The number of aromatic nitrogens is 2. The van der Waals surface area contributed by atoms with E-state index in [2.05, 4.69) is 39.7 Å². The molecule has 35 heavy (non-hydrogen) atoms. The molecule has 0 aliphatic heterocycles. The maximum Gasteiger partial charge on any atom is 0.255 e. The highest BCUT2D eigenvalue weighted by Crippen LogP contribution is 2.31. The average Bonchev–Trinajstić information content (AvgIpc) is 3.46.